The van der Waals surface area contributed by atoms with E-state index in [2.05, 4.69) is 15.2 Å². The number of hydrogen-bond acceptors (Lipinski definition) is 4. The van der Waals surface area contributed by atoms with E-state index in [0.717, 1.165) is 12.8 Å². The quantitative estimate of drug-likeness (QED) is 0.790. The average molecular weight is 266 g/mol. The van der Waals surface area contributed by atoms with Gasteiger partial charge >= 0.3 is 0 Å². The minimum atomic E-state index is 0.0755. The van der Waals surface area contributed by atoms with Crippen LogP contribution in [0.5, 0.6) is 0 Å². The Morgan fingerprint density at radius 2 is 2.39 bits per heavy atom. The summed E-state index contributed by atoms with van der Waals surface area (Å²) in [6.07, 6.45) is 5.92. The fraction of sp³-hybridized carbons (Fsp3) is 0.455. The van der Waals surface area contributed by atoms with Crippen LogP contribution in [0.2, 0.25) is 5.28 Å². The predicted octanol–water partition coefficient (Wildman–Crippen LogP) is 1.54. The molecule has 0 unspecified atom stereocenters. The second-order valence-electron chi connectivity index (χ2n) is 4.54. The molecule has 2 aromatic heterocycles. The highest BCUT2D eigenvalue weighted by atomic mass is 35.5. The van der Waals surface area contributed by atoms with Crippen LogP contribution in [-0.2, 0) is 4.79 Å². The zero-order chi connectivity index (χ0) is 12.7. The van der Waals surface area contributed by atoms with E-state index >= 15 is 0 Å². The van der Waals surface area contributed by atoms with Gasteiger partial charge in [0, 0.05) is 13.5 Å². The van der Waals surface area contributed by atoms with Crippen LogP contribution in [0, 0.1) is 5.92 Å². The van der Waals surface area contributed by atoms with Crippen LogP contribution in [0.3, 0.4) is 0 Å². The van der Waals surface area contributed by atoms with E-state index in [0.29, 0.717) is 23.7 Å². The van der Waals surface area contributed by atoms with Gasteiger partial charge in [0.15, 0.2) is 5.65 Å². The molecule has 94 valence electrons. The van der Waals surface area contributed by atoms with Crippen molar-refractivity contribution in [2.45, 2.75) is 19.3 Å². The Kier molecular flexibility index (Phi) is 2.66. The third-order valence-electron chi connectivity index (χ3n) is 3.16. The number of anilines is 1. The minimum absolute atomic E-state index is 0.0755. The summed E-state index contributed by atoms with van der Waals surface area (Å²) < 4.78 is 1.55. The summed E-state index contributed by atoms with van der Waals surface area (Å²) in [6.45, 7) is 0. The maximum Gasteiger partial charge on any atom is 0.227 e. The summed E-state index contributed by atoms with van der Waals surface area (Å²) in [5.74, 6) is 0.626. The summed E-state index contributed by atoms with van der Waals surface area (Å²) in [7, 11) is 1.73. The van der Waals surface area contributed by atoms with Crippen molar-refractivity contribution in [2.75, 3.05) is 11.9 Å². The number of hydrogen-bond donors (Lipinski definition) is 0. The third kappa shape index (κ3) is 1.92. The smallest absolute Gasteiger partial charge is 0.227 e. The van der Waals surface area contributed by atoms with Gasteiger partial charge in [-0.1, -0.05) is 0 Å². The lowest BCUT2D eigenvalue weighted by Gasteiger charge is -2.17. The van der Waals surface area contributed by atoms with Crippen molar-refractivity contribution in [2.24, 2.45) is 5.92 Å². The van der Waals surface area contributed by atoms with Gasteiger partial charge in [0.05, 0.1) is 6.20 Å². The van der Waals surface area contributed by atoms with Gasteiger partial charge in [0.25, 0.3) is 0 Å². The van der Waals surface area contributed by atoms with Crippen LogP contribution in [0.25, 0.3) is 5.65 Å². The maximum absolute atomic E-state index is 12.1. The van der Waals surface area contributed by atoms with E-state index in [9.17, 15) is 4.79 Å². The molecule has 0 N–H and O–H groups in total. The molecular formula is C11H12ClN5O. The Morgan fingerprint density at radius 3 is 3.11 bits per heavy atom. The van der Waals surface area contributed by atoms with Crippen LogP contribution in [0.4, 0.5) is 5.69 Å². The topological polar surface area (TPSA) is 63.4 Å². The van der Waals surface area contributed by atoms with Crippen LogP contribution in [0.1, 0.15) is 19.3 Å². The first-order chi connectivity index (χ1) is 8.66. The first-order valence-electron chi connectivity index (χ1n) is 5.77. The van der Waals surface area contributed by atoms with Gasteiger partial charge in [-0.25, -0.2) is 4.98 Å². The number of carbonyl (C=O) groups is 1. The van der Waals surface area contributed by atoms with Crippen LogP contribution in [-0.4, -0.2) is 32.5 Å². The molecule has 6 nitrogen and oxygen atoms in total. The van der Waals surface area contributed by atoms with Crippen molar-refractivity contribution in [3.8, 4) is 0 Å². The molecule has 0 spiro atoms. The normalized spacial score (nSPS) is 15.0. The monoisotopic (exact) mass is 265 g/mol. The van der Waals surface area contributed by atoms with E-state index in [1.807, 2.05) is 0 Å². The number of fused-ring (bicyclic) bond motifs is 1. The summed E-state index contributed by atoms with van der Waals surface area (Å²) in [6, 6.07) is 0. The molecule has 0 saturated heterocycles. The largest absolute Gasteiger partial charge is 0.311 e. The molecule has 2 heterocycles. The standard InChI is InChI=1S/C11H12ClN5O/c1-16(9(18)4-7-2-3-7)8-5-13-11(12)17-6-14-15-10(8)17/h5-7H,2-4H2,1H3. The van der Waals surface area contributed by atoms with Crippen LogP contribution < -0.4 is 4.90 Å². The molecule has 18 heavy (non-hydrogen) atoms. The number of nitrogens with zero attached hydrogens (tertiary/aromatic N) is 5. The Balaban J connectivity index is 1.95. The van der Waals surface area contributed by atoms with Gasteiger partial charge in [-0.05, 0) is 30.4 Å². The third-order valence-corrected chi connectivity index (χ3v) is 3.44. The lowest BCUT2D eigenvalue weighted by Crippen LogP contribution is -2.27. The first-order valence-corrected chi connectivity index (χ1v) is 6.15. The molecule has 2 aromatic rings. The second-order valence-corrected chi connectivity index (χ2v) is 4.88. The average Bonchev–Trinajstić information content (AvgIpc) is 3.02. The molecule has 1 aliphatic carbocycles. The van der Waals surface area contributed by atoms with Gasteiger partial charge in [-0.15, -0.1) is 10.2 Å². The fourth-order valence-corrected chi connectivity index (χ4v) is 2.03. The lowest BCUT2D eigenvalue weighted by molar-refractivity contribution is -0.118. The van der Waals surface area contributed by atoms with Gasteiger partial charge in [-0.3, -0.25) is 9.20 Å². The molecule has 0 aliphatic heterocycles. The van der Waals surface area contributed by atoms with Gasteiger partial charge < -0.3 is 4.90 Å². The molecule has 0 aromatic carbocycles. The van der Waals surface area contributed by atoms with Crippen molar-refractivity contribution in [1.82, 2.24) is 19.6 Å². The van der Waals surface area contributed by atoms with Crippen molar-refractivity contribution >= 4 is 28.8 Å². The number of amides is 1. The second kappa shape index (κ2) is 4.20. The van der Waals surface area contributed by atoms with E-state index in [1.54, 1.807) is 22.5 Å². The molecule has 1 fully saturated rings. The molecule has 0 radical (unpaired) electrons. The molecular weight excluding hydrogens is 254 g/mol. The summed E-state index contributed by atoms with van der Waals surface area (Å²) in [5, 5.41) is 8.04. The van der Waals surface area contributed by atoms with Crippen molar-refractivity contribution < 1.29 is 4.79 Å². The fourth-order valence-electron chi connectivity index (χ4n) is 1.86. The zero-order valence-electron chi connectivity index (χ0n) is 9.88. The Bertz CT molecular complexity index is 606. The molecule has 0 atom stereocenters. The number of rotatable bonds is 3. The Hall–Kier alpha value is -1.69. The summed E-state index contributed by atoms with van der Waals surface area (Å²) in [4.78, 5) is 17.7. The number of carbonyl (C=O) groups excluding carboxylic acids is 1. The molecule has 1 aliphatic rings. The lowest BCUT2D eigenvalue weighted by atomic mass is 10.2. The van der Waals surface area contributed by atoms with Gasteiger partial charge in [0.2, 0.25) is 11.2 Å². The predicted molar refractivity (Wildman–Crippen MR) is 66.5 cm³/mol. The Labute approximate surface area is 109 Å². The van der Waals surface area contributed by atoms with E-state index in [1.165, 1.54) is 6.33 Å². The minimum Gasteiger partial charge on any atom is -0.311 e. The van der Waals surface area contributed by atoms with Crippen molar-refractivity contribution in [3.63, 3.8) is 0 Å². The van der Waals surface area contributed by atoms with E-state index in [-0.39, 0.29) is 11.2 Å². The Morgan fingerprint density at radius 1 is 1.61 bits per heavy atom. The van der Waals surface area contributed by atoms with Gasteiger partial charge in [-0.2, -0.15) is 0 Å². The van der Waals surface area contributed by atoms with Crippen molar-refractivity contribution in [1.29, 1.82) is 0 Å². The maximum atomic E-state index is 12.1. The number of aromatic nitrogens is 4. The zero-order valence-corrected chi connectivity index (χ0v) is 10.6. The highest BCUT2D eigenvalue weighted by Gasteiger charge is 2.27. The van der Waals surface area contributed by atoms with E-state index in [4.69, 9.17) is 11.6 Å². The summed E-state index contributed by atoms with van der Waals surface area (Å²) >= 11 is 5.92. The molecule has 1 saturated carbocycles. The van der Waals surface area contributed by atoms with Crippen LogP contribution >= 0.6 is 11.6 Å². The van der Waals surface area contributed by atoms with Crippen LogP contribution in [0.15, 0.2) is 12.5 Å². The SMILES string of the molecule is CN(C(=O)CC1CC1)c1cnc(Cl)n2cnnc12. The molecule has 7 heteroatoms. The highest BCUT2D eigenvalue weighted by Crippen LogP contribution is 2.33. The summed E-state index contributed by atoms with van der Waals surface area (Å²) in [5.41, 5.74) is 1.17. The molecule has 1 amide bonds. The van der Waals surface area contributed by atoms with E-state index < -0.39 is 0 Å². The first kappa shape index (κ1) is 11.4. The van der Waals surface area contributed by atoms with Gasteiger partial charge in [0.1, 0.15) is 12.0 Å². The molecule has 3 rings (SSSR count). The molecule has 0 bridgehead atoms. The van der Waals surface area contributed by atoms with Crippen molar-refractivity contribution in [3.05, 3.63) is 17.8 Å². The highest BCUT2D eigenvalue weighted by molar-refractivity contribution is 6.28. The number of halogens is 1.